The molecule has 0 aliphatic heterocycles. The van der Waals surface area contributed by atoms with Crippen LogP contribution in [0.2, 0.25) is 0 Å². The van der Waals surface area contributed by atoms with Crippen molar-refractivity contribution in [2.45, 2.75) is 32.3 Å². The van der Waals surface area contributed by atoms with Gasteiger partial charge in [0.1, 0.15) is 0 Å². The minimum atomic E-state index is 0.447. The Morgan fingerprint density at radius 2 is 2.25 bits per heavy atom. The Balaban J connectivity index is 1.87. The topological polar surface area (TPSA) is 9.23 Å². The molecule has 0 N–H and O–H groups in total. The van der Waals surface area contributed by atoms with Crippen molar-refractivity contribution >= 4 is 0 Å². The summed E-state index contributed by atoms with van der Waals surface area (Å²) in [6.07, 6.45) is 9.35. The van der Waals surface area contributed by atoms with Crippen LogP contribution in [0.1, 0.15) is 26.2 Å². The molecule has 0 amide bonds. The second-order valence-corrected chi connectivity index (χ2v) is 4.32. The zero-order valence-electron chi connectivity index (χ0n) is 7.99. The van der Waals surface area contributed by atoms with Crippen LogP contribution in [0, 0.1) is 17.8 Å². The molecule has 0 spiro atoms. The molecule has 68 valence electrons. The number of rotatable bonds is 3. The van der Waals surface area contributed by atoms with E-state index >= 15 is 0 Å². The van der Waals surface area contributed by atoms with Gasteiger partial charge in [0.05, 0.1) is 6.10 Å². The number of methoxy groups -OCH3 is 1. The minimum absolute atomic E-state index is 0.447. The van der Waals surface area contributed by atoms with Crippen LogP contribution in [-0.4, -0.2) is 13.2 Å². The molecule has 0 aromatic carbocycles. The Hall–Kier alpha value is -0.300. The summed E-state index contributed by atoms with van der Waals surface area (Å²) in [5.74, 6) is 2.70. The van der Waals surface area contributed by atoms with Gasteiger partial charge in [-0.25, -0.2) is 0 Å². The van der Waals surface area contributed by atoms with Crippen molar-refractivity contribution in [2.75, 3.05) is 7.11 Å². The maximum absolute atomic E-state index is 5.30. The van der Waals surface area contributed by atoms with E-state index in [1.807, 2.05) is 7.11 Å². The van der Waals surface area contributed by atoms with E-state index in [0.29, 0.717) is 6.10 Å². The summed E-state index contributed by atoms with van der Waals surface area (Å²) in [5, 5.41) is 0. The first-order valence-electron chi connectivity index (χ1n) is 5.00. The molecule has 1 heteroatoms. The summed E-state index contributed by atoms with van der Waals surface area (Å²) in [6, 6.07) is 0. The van der Waals surface area contributed by atoms with Gasteiger partial charge in [-0.05, 0) is 43.9 Å². The lowest BCUT2D eigenvalue weighted by Gasteiger charge is -2.21. The average molecular weight is 166 g/mol. The van der Waals surface area contributed by atoms with E-state index in [1.165, 1.54) is 19.3 Å². The van der Waals surface area contributed by atoms with E-state index in [-0.39, 0.29) is 0 Å². The second-order valence-electron chi connectivity index (χ2n) is 4.32. The van der Waals surface area contributed by atoms with Crippen molar-refractivity contribution in [2.24, 2.45) is 17.8 Å². The molecule has 2 aliphatic rings. The summed E-state index contributed by atoms with van der Waals surface area (Å²) in [5.41, 5.74) is 0. The highest BCUT2D eigenvalue weighted by molar-refractivity contribution is 5.10. The maximum Gasteiger partial charge on any atom is 0.0546 e. The van der Waals surface area contributed by atoms with Crippen molar-refractivity contribution in [3.63, 3.8) is 0 Å². The lowest BCUT2D eigenvalue weighted by atomic mass is 9.89. The lowest BCUT2D eigenvalue weighted by molar-refractivity contribution is 0.0907. The van der Waals surface area contributed by atoms with Gasteiger partial charge in [0.25, 0.3) is 0 Å². The monoisotopic (exact) mass is 166 g/mol. The van der Waals surface area contributed by atoms with Crippen molar-refractivity contribution in [3.8, 4) is 0 Å². The average Bonchev–Trinajstić information content (AvgIpc) is 2.64. The number of allylic oxidation sites excluding steroid dienone is 2. The number of hydrogen-bond acceptors (Lipinski definition) is 1. The smallest absolute Gasteiger partial charge is 0.0546 e. The molecular formula is C11H18O. The molecule has 0 aromatic heterocycles. The first-order chi connectivity index (χ1) is 5.79. The lowest BCUT2D eigenvalue weighted by Crippen LogP contribution is -2.15. The summed E-state index contributed by atoms with van der Waals surface area (Å²) in [4.78, 5) is 0. The van der Waals surface area contributed by atoms with Crippen LogP contribution in [0.15, 0.2) is 12.2 Å². The van der Waals surface area contributed by atoms with Gasteiger partial charge in [0.15, 0.2) is 0 Å². The largest absolute Gasteiger partial charge is 0.382 e. The van der Waals surface area contributed by atoms with Crippen LogP contribution >= 0.6 is 0 Å². The van der Waals surface area contributed by atoms with Crippen LogP contribution in [-0.2, 0) is 4.74 Å². The second kappa shape index (κ2) is 3.21. The van der Waals surface area contributed by atoms with Crippen molar-refractivity contribution in [3.05, 3.63) is 12.2 Å². The SMILES string of the molecule is COC(C)CC1CC2C=CC1C2. The van der Waals surface area contributed by atoms with E-state index in [0.717, 1.165) is 17.8 Å². The van der Waals surface area contributed by atoms with Crippen LogP contribution < -0.4 is 0 Å². The highest BCUT2D eigenvalue weighted by Crippen LogP contribution is 2.45. The molecule has 0 aromatic rings. The normalized spacial score (nSPS) is 40.7. The van der Waals surface area contributed by atoms with Crippen LogP contribution in [0.5, 0.6) is 0 Å². The summed E-state index contributed by atoms with van der Waals surface area (Å²) < 4.78 is 5.30. The molecule has 2 rings (SSSR count). The van der Waals surface area contributed by atoms with Gasteiger partial charge >= 0.3 is 0 Å². The highest BCUT2D eigenvalue weighted by atomic mass is 16.5. The predicted molar refractivity (Wildman–Crippen MR) is 49.9 cm³/mol. The molecule has 1 saturated carbocycles. The van der Waals surface area contributed by atoms with Crippen LogP contribution in [0.25, 0.3) is 0 Å². The quantitative estimate of drug-likeness (QED) is 0.586. The van der Waals surface area contributed by atoms with E-state index < -0.39 is 0 Å². The summed E-state index contributed by atoms with van der Waals surface area (Å²) in [6.45, 7) is 2.18. The van der Waals surface area contributed by atoms with Crippen molar-refractivity contribution in [1.29, 1.82) is 0 Å². The molecular weight excluding hydrogens is 148 g/mol. The fraction of sp³-hybridized carbons (Fsp3) is 0.818. The maximum atomic E-state index is 5.30. The van der Waals surface area contributed by atoms with Gasteiger partial charge in [-0.15, -0.1) is 0 Å². The predicted octanol–water partition coefficient (Wildman–Crippen LogP) is 2.62. The summed E-state index contributed by atoms with van der Waals surface area (Å²) >= 11 is 0. The first kappa shape index (κ1) is 8.31. The van der Waals surface area contributed by atoms with Gasteiger partial charge in [-0.3, -0.25) is 0 Å². The van der Waals surface area contributed by atoms with Gasteiger partial charge in [0, 0.05) is 7.11 Å². The summed E-state index contributed by atoms with van der Waals surface area (Å²) in [7, 11) is 1.81. The molecule has 1 nitrogen and oxygen atoms in total. The zero-order chi connectivity index (χ0) is 8.55. The molecule has 2 aliphatic carbocycles. The Morgan fingerprint density at radius 3 is 2.75 bits per heavy atom. The minimum Gasteiger partial charge on any atom is -0.382 e. The van der Waals surface area contributed by atoms with Gasteiger partial charge in [0.2, 0.25) is 0 Å². The van der Waals surface area contributed by atoms with Crippen molar-refractivity contribution in [1.82, 2.24) is 0 Å². The number of fused-ring (bicyclic) bond motifs is 2. The Kier molecular flexibility index (Phi) is 2.22. The van der Waals surface area contributed by atoms with Gasteiger partial charge in [-0.2, -0.15) is 0 Å². The molecule has 1 fully saturated rings. The molecule has 0 heterocycles. The van der Waals surface area contributed by atoms with Crippen LogP contribution in [0.4, 0.5) is 0 Å². The standard InChI is InChI=1S/C11H18O/c1-8(12-2)5-11-7-9-3-4-10(11)6-9/h3-4,8-11H,5-7H2,1-2H3. The van der Waals surface area contributed by atoms with Crippen LogP contribution in [0.3, 0.4) is 0 Å². The first-order valence-corrected chi connectivity index (χ1v) is 5.00. The molecule has 0 saturated heterocycles. The van der Waals surface area contributed by atoms with Crippen molar-refractivity contribution < 1.29 is 4.74 Å². The molecule has 4 unspecified atom stereocenters. The highest BCUT2D eigenvalue weighted by Gasteiger charge is 2.35. The molecule has 0 radical (unpaired) electrons. The molecule has 12 heavy (non-hydrogen) atoms. The fourth-order valence-electron chi connectivity index (χ4n) is 2.69. The third-order valence-corrected chi connectivity index (χ3v) is 3.45. The van der Waals surface area contributed by atoms with Gasteiger partial charge in [-0.1, -0.05) is 12.2 Å². The van der Waals surface area contributed by atoms with E-state index in [2.05, 4.69) is 19.1 Å². The number of hydrogen-bond donors (Lipinski definition) is 0. The Morgan fingerprint density at radius 1 is 1.42 bits per heavy atom. The Labute approximate surface area is 74.8 Å². The third-order valence-electron chi connectivity index (χ3n) is 3.45. The van der Waals surface area contributed by atoms with Gasteiger partial charge < -0.3 is 4.74 Å². The number of ether oxygens (including phenoxy) is 1. The molecule has 4 atom stereocenters. The van der Waals surface area contributed by atoms with E-state index in [1.54, 1.807) is 0 Å². The van der Waals surface area contributed by atoms with E-state index in [9.17, 15) is 0 Å². The fourth-order valence-corrected chi connectivity index (χ4v) is 2.69. The third kappa shape index (κ3) is 1.42. The van der Waals surface area contributed by atoms with E-state index in [4.69, 9.17) is 4.74 Å². The molecule has 2 bridgehead atoms. The zero-order valence-corrected chi connectivity index (χ0v) is 7.99. The Bertz CT molecular complexity index is 185.